The molecule has 0 radical (unpaired) electrons. The summed E-state index contributed by atoms with van der Waals surface area (Å²) in [5.74, 6) is 0.789. The summed E-state index contributed by atoms with van der Waals surface area (Å²) in [6.45, 7) is 0. The lowest BCUT2D eigenvalue weighted by Gasteiger charge is -2.10. The van der Waals surface area contributed by atoms with E-state index in [9.17, 15) is 5.26 Å². The molecule has 0 saturated carbocycles. The molecule has 0 bridgehead atoms. The van der Waals surface area contributed by atoms with Crippen molar-refractivity contribution in [3.63, 3.8) is 0 Å². The predicted octanol–water partition coefficient (Wildman–Crippen LogP) is 3.76. The van der Waals surface area contributed by atoms with Gasteiger partial charge in [-0.05, 0) is 18.2 Å². The van der Waals surface area contributed by atoms with E-state index in [1.807, 2.05) is 42.7 Å². The third-order valence-electron chi connectivity index (χ3n) is 3.82. The molecular formula is C18H13N5OS. The minimum Gasteiger partial charge on any atom is -0.496 e. The van der Waals surface area contributed by atoms with Gasteiger partial charge in [0.05, 0.1) is 35.5 Å². The molecule has 0 spiro atoms. The molecule has 0 fully saturated rings. The molecule has 1 N–H and O–H groups in total. The number of aromatic amines is 1. The van der Waals surface area contributed by atoms with Crippen molar-refractivity contribution in [3.8, 4) is 22.9 Å². The van der Waals surface area contributed by atoms with Crippen LogP contribution < -0.4 is 4.74 Å². The first-order valence-electron chi connectivity index (χ1n) is 7.51. The number of hydrogen-bond acceptors (Lipinski definition) is 5. The van der Waals surface area contributed by atoms with E-state index in [1.54, 1.807) is 35.8 Å². The van der Waals surface area contributed by atoms with E-state index < -0.39 is 0 Å². The molecule has 0 aliphatic carbocycles. The van der Waals surface area contributed by atoms with Crippen molar-refractivity contribution < 1.29 is 4.74 Å². The average molecular weight is 347 g/mol. The number of H-pyrrole nitrogens is 1. The van der Waals surface area contributed by atoms with E-state index in [1.165, 1.54) is 0 Å². The highest BCUT2D eigenvalue weighted by atomic mass is 32.2. The van der Waals surface area contributed by atoms with E-state index in [-0.39, 0.29) is 0 Å². The Balaban J connectivity index is 1.91. The van der Waals surface area contributed by atoms with Gasteiger partial charge in [-0.25, -0.2) is 4.52 Å². The van der Waals surface area contributed by atoms with Crippen LogP contribution >= 0.6 is 11.8 Å². The Kier molecular flexibility index (Phi) is 3.88. The molecule has 3 heterocycles. The number of nitrogens with one attached hydrogen (secondary N) is 1. The number of ether oxygens (including phenoxy) is 1. The number of rotatable bonds is 4. The van der Waals surface area contributed by atoms with Gasteiger partial charge in [0.2, 0.25) is 0 Å². The van der Waals surface area contributed by atoms with Crippen LogP contribution in [0.3, 0.4) is 0 Å². The molecule has 4 rings (SSSR count). The third-order valence-corrected chi connectivity index (χ3v) is 4.91. The monoisotopic (exact) mass is 347 g/mol. The van der Waals surface area contributed by atoms with Gasteiger partial charge in [-0.1, -0.05) is 23.9 Å². The van der Waals surface area contributed by atoms with Crippen LogP contribution in [-0.4, -0.2) is 26.9 Å². The number of fused-ring (bicyclic) bond motifs is 1. The van der Waals surface area contributed by atoms with Crippen LogP contribution in [-0.2, 0) is 0 Å². The molecule has 6 nitrogen and oxygen atoms in total. The van der Waals surface area contributed by atoms with Crippen molar-refractivity contribution in [1.82, 2.24) is 19.8 Å². The zero-order valence-corrected chi connectivity index (χ0v) is 14.1. The summed E-state index contributed by atoms with van der Waals surface area (Å²) in [4.78, 5) is 1.90. The average Bonchev–Trinajstić information content (AvgIpc) is 3.31. The second-order valence-corrected chi connectivity index (χ2v) is 6.38. The SMILES string of the molecule is COc1ccccc1Sc1cc(-c2cn[nH]c2)cn2ncc(C#N)c12. The standard InChI is InChI=1S/C18H13N5OS/c1-24-15-4-2-3-5-16(15)25-17-6-12(14-8-20-21-9-14)11-23-18(17)13(7-19)10-22-23/h2-6,8-11H,1H3,(H,20,21). The predicted molar refractivity (Wildman–Crippen MR) is 94.6 cm³/mol. The molecule has 0 amide bonds. The van der Waals surface area contributed by atoms with E-state index in [2.05, 4.69) is 21.4 Å². The minimum atomic E-state index is 0.538. The molecular weight excluding hydrogens is 334 g/mol. The van der Waals surface area contributed by atoms with Gasteiger partial charge < -0.3 is 4.74 Å². The summed E-state index contributed by atoms with van der Waals surface area (Å²) in [5.41, 5.74) is 3.24. The topological polar surface area (TPSA) is 79.0 Å². The fraction of sp³-hybridized carbons (Fsp3) is 0.0556. The van der Waals surface area contributed by atoms with E-state index in [0.717, 1.165) is 32.2 Å². The number of methoxy groups -OCH3 is 1. The molecule has 25 heavy (non-hydrogen) atoms. The Bertz CT molecular complexity index is 1080. The van der Waals surface area contributed by atoms with Crippen molar-refractivity contribution in [2.24, 2.45) is 0 Å². The zero-order chi connectivity index (χ0) is 17.2. The molecule has 122 valence electrons. The van der Waals surface area contributed by atoms with E-state index >= 15 is 0 Å². The Morgan fingerprint density at radius 3 is 2.84 bits per heavy atom. The summed E-state index contributed by atoms with van der Waals surface area (Å²) >= 11 is 1.55. The van der Waals surface area contributed by atoms with Crippen LogP contribution in [0.15, 0.2) is 64.9 Å². The van der Waals surface area contributed by atoms with Crippen molar-refractivity contribution in [2.45, 2.75) is 9.79 Å². The highest BCUT2D eigenvalue weighted by molar-refractivity contribution is 7.99. The smallest absolute Gasteiger partial charge is 0.132 e. The molecule has 0 aliphatic rings. The van der Waals surface area contributed by atoms with Gasteiger partial charge in [-0.15, -0.1) is 0 Å². The number of nitriles is 1. The van der Waals surface area contributed by atoms with Gasteiger partial charge in [0.15, 0.2) is 0 Å². The maximum atomic E-state index is 9.42. The largest absolute Gasteiger partial charge is 0.496 e. The molecule has 0 atom stereocenters. The summed E-state index contributed by atoms with van der Waals surface area (Å²) in [5, 5.41) is 20.6. The fourth-order valence-corrected chi connectivity index (χ4v) is 3.75. The van der Waals surface area contributed by atoms with Crippen molar-refractivity contribution in [1.29, 1.82) is 5.26 Å². The Labute approximate surface area is 148 Å². The van der Waals surface area contributed by atoms with Gasteiger partial charge >= 0.3 is 0 Å². The Morgan fingerprint density at radius 2 is 2.08 bits per heavy atom. The zero-order valence-electron chi connectivity index (χ0n) is 13.3. The van der Waals surface area contributed by atoms with Crippen LogP contribution in [0, 0.1) is 11.3 Å². The van der Waals surface area contributed by atoms with Crippen molar-refractivity contribution in [2.75, 3.05) is 7.11 Å². The van der Waals surface area contributed by atoms with Gasteiger partial charge in [0, 0.05) is 28.4 Å². The molecule has 7 heteroatoms. The third kappa shape index (κ3) is 2.73. The highest BCUT2D eigenvalue weighted by Gasteiger charge is 2.15. The number of benzene rings is 1. The van der Waals surface area contributed by atoms with Gasteiger partial charge in [0.25, 0.3) is 0 Å². The van der Waals surface area contributed by atoms with Crippen LogP contribution in [0.1, 0.15) is 5.56 Å². The number of hydrogen-bond donors (Lipinski definition) is 1. The first-order chi connectivity index (χ1) is 12.3. The maximum Gasteiger partial charge on any atom is 0.132 e. The van der Waals surface area contributed by atoms with Crippen molar-refractivity contribution >= 4 is 17.3 Å². The molecule has 4 aromatic rings. The second-order valence-electron chi connectivity index (χ2n) is 5.30. The lowest BCUT2D eigenvalue weighted by atomic mass is 10.1. The van der Waals surface area contributed by atoms with Crippen LogP contribution in [0.4, 0.5) is 0 Å². The van der Waals surface area contributed by atoms with Gasteiger partial charge in [-0.3, -0.25) is 5.10 Å². The number of para-hydroxylation sites is 1. The Morgan fingerprint density at radius 1 is 1.20 bits per heavy atom. The molecule has 0 aliphatic heterocycles. The summed E-state index contributed by atoms with van der Waals surface area (Å²) in [6.07, 6.45) is 7.06. The fourth-order valence-electron chi connectivity index (χ4n) is 2.63. The maximum absolute atomic E-state index is 9.42. The van der Waals surface area contributed by atoms with Crippen LogP contribution in [0.2, 0.25) is 0 Å². The molecule has 3 aromatic heterocycles. The summed E-state index contributed by atoms with van der Waals surface area (Å²) in [6, 6.07) is 12.1. The van der Waals surface area contributed by atoms with Crippen molar-refractivity contribution in [3.05, 3.63) is 60.7 Å². The van der Waals surface area contributed by atoms with Crippen LogP contribution in [0.25, 0.3) is 16.6 Å². The molecule has 0 unspecified atom stereocenters. The first kappa shape index (κ1) is 15.3. The first-order valence-corrected chi connectivity index (χ1v) is 8.33. The lowest BCUT2D eigenvalue weighted by Crippen LogP contribution is -1.92. The highest BCUT2D eigenvalue weighted by Crippen LogP contribution is 2.39. The summed E-state index contributed by atoms with van der Waals surface area (Å²) in [7, 11) is 1.65. The Hall–Kier alpha value is -3.24. The number of nitrogens with zero attached hydrogens (tertiary/aromatic N) is 4. The number of pyridine rings is 1. The second kappa shape index (κ2) is 6.34. The van der Waals surface area contributed by atoms with Gasteiger partial charge in [0.1, 0.15) is 11.8 Å². The lowest BCUT2D eigenvalue weighted by molar-refractivity contribution is 0.405. The number of aromatic nitrogens is 4. The van der Waals surface area contributed by atoms with E-state index in [0.29, 0.717) is 5.56 Å². The van der Waals surface area contributed by atoms with E-state index in [4.69, 9.17) is 4.74 Å². The minimum absolute atomic E-state index is 0.538. The summed E-state index contributed by atoms with van der Waals surface area (Å²) < 4.78 is 7.18. The quantitative estimate of drug-likeness (QED) is 0.608. The van der Waals surface area contributed by atoms with Crippen LogP contribution in [0.5, 0.6) is 5.75 Å². The molecule has 0 saturated heterocycles. The van der Waals surface area contributed by atoms with Gasteiger partial charge in [-0.2, -0.15) is 15.5 Å². The normalized spacial score (nSPS) is 10.7. The molecule has 1 aromatic carbocycles.